The molecule has 214 valence electrons. The molecular weight excluding hydrogens is 542 g/mol. The quantitative estimate of drug-likeness (QED) is 0.167. The highest BCUT2D eigenvalue weighted by Gasteiger charge is 2.23. The first kappa shape index (κ1) is 29.0. The van der Waals surface area contributed by atoms with E-state index >= 15 is 0 Å². The highest BCUT2D eigenvalue weighted by molar-refractivity contribution is 7.09. The minimum atomic E-state index is -0.276. The number of hydrogen-bond acceptors (Lipinski definition) is 6. The number of benzene rings is 4. The van der Waals surface area contributed by atoms with Gasteiger partial charge in [-0.15, -0.1) is 11.3 Å². The van der Waals surface area contributed by atoms with Crippen LogP contribution in [-0.2, 0) is 13.1 Å². The smallest absolute Gasteiger partial charge is 0.271 e. The van der Waals surface area contributed by atoms with Crippen LogP contribution in [0.25, 0.3) is 0 Å². The molecule has 1 aromatic heterocycles. The fraction of sp³-hybridized carbons (Fsp3) is 0.200. The van der Waals surface area contributed by atoms with Crippen LogP contribution < -0.4 is 14.8 Å². The fourth-order valence-corrected chi connectivity index (χ4v) is 5.79. The van der Waals surface area contributed by atoms with Crippen LogP contribution in [0.1, 0.15) is 56.8 Å². The zero-order chi connectivity index (χ0) is 29.3. The van der Waals surface area contributed by atoms with Gasteiger partial charge in [0.2, 0.25) is 0 Å². The Morgan fingerprint density at radius 1 is 0.810 bits per heavy atom. The largest absolute Gasteiger partial charge is 0.497 e. The molecule has 0 saturated carbocycles. The van der Waals surface area contributed by atoms with Gasteiger partial charge in [0.15, 0.2) is 0 Å². The standard InChI is InChI=1S/C35H35N3O3S/c1-25(26-13-7-4-8-14-26)38(22-29-19-20-30(40-2)21-32(29)41-3)23-33-36-31(24-42-33)35(39)37-34(27-15-9-5-10-16-27)28-17-11-6-12-18-28/h4-21,24-25,34H,22-23H2,1-3H3,(H,37,39)/t25-/m0/s1. The first-order chi connectivity index (χ1) is 20.6. The number of hydrogen-bond donors (Lipinski definition) is 1. The number of amides is 1. The van der Waals surface area contributed by atoms with Gasteiger partial charge in [-0.3, -0.25) is 9.69 Å². The Bertz CT molecular complexity index is 1540. The van der Waals surface area contributed by atoms with Crippen molar-refractivity contribution >= 4 is 17.2 Å². The number of aromatic nitrogens is 1. The van der Waals surface area contributed by atoms with Gasteiger partial charge in [-0.2, -0.15) is 0 Å². The van der Waals surface area contributed by atoms with Gasteiger partial charge in [0.1, 0.15) is 22.2 Å². The van der Waals surface area contributed by atoms with E-state index in [0.717, 1.165) is 33.2 Å². The Morgan fingerprint density at radius 2 is 1.40 bits per heavy atom. The normalized spacial score (nSPS) is 11.8. The number of carbonyl (C=O) groups is 1. The van der Waals surface area contributed by atoms with Crippen molar-refractivity contribution in [1.29, 1.82) is 0 Å². The molecule has 1 N–H and O–H groups in total. The predicted molar refractivity (Wildman–Crippen MR) is 168 cm³/mol. The Balaban J connectivity index is 1.38. The topological polar surface area (TPSA) is 63.7 Å². The number of thiazole rings is 1. The maximum atomic E-state index is 13.5. The highest BCUT2D eigenvalue weighted by atomic mass is 32.1. The minimum absolute atomic E-state index is 0.0970. The van der Waals surface area contributed by atoms with E-state index in [0.29, 0.717) is 18.8 Å². The summed E-state index contributed by atoms with van der Waals surface area (Å²) in [6.45, 7) is 3.40. The monoisotopic (exact) mass is 577 g/mol. The summed E-state index contributed by atoms with van der Waals surface area (Å²) in [5.41, 5.74) is 4.70. The lowest BCUT2D eigenvalue weighted by Crippen LogP contribution is -2.30. The lowest BCUT2D eigenvalue weighted by Gasteiger charge is -2.29. The number of nitrogens with one attached hydrogen (secondary N) is 1. The molecule has 0 unspecified atom stereocenters. The molecule has 6 nitrogen and oxygen atoms in total. The molecule has 0 fully saturated rings. The SMILES string of the molecule is COc1ccc(CN(Cc2nc(C(=O)NC(c3ccccc3)c3ccccc3)cs2)[C@@H](C)c2ccccc2)c(OC)c1. The fourth-order valence-electron chi connectivity index (χ4n) is 4.99. The second kappa shape index (κ2) is 13.9. The first-order valence-corrected chi connectivity index (χ1v) is 14.8. The summed E-state index contributed by atoms with van der Waals surface area (Å²) in [5, 5.41) is 5.92. The molecule has 7 heteroatoms. The maximum absolute atomic E-state index is 13.5. The molecule has 1 atom stereocenters. The summed E-state index contributed by atoms with van der Waals surface area (Å²) >= 11 is 1.50. The molecule has 4 aromatic carbocycles. The van der Waals surface area contributed by atoms with E-state index in [4.69, 9.17) is 14.5 Å². The average Bonchev–Trinajstić information content (AvgIpc) is 3.53. The van der Waals surface area contributed by atoms with Crippen LogP contribution in [0.15, 0.2) is 115 Å². The molecule has 0 saturated heterocycles. The molecular formula is C35H35N3O3S. The number of rotatable bonds is 12. The van der Waals surface area contributed by atoms with Gasteiger partial charge < -0.3 is 14.8 Å². The van der Waals surface area contributed by atoms with E-state index in [1.807, 2.05) is 90.3 Å². The van der Waals surface area contributed by atoms with E-state index < -0.39 is 0 Å². The molecule has 0 aliphatic carbocycles. The average molecular weight is 578 g/mol. The zero-order valence-corrected chi connectivity index (χ0v) is 24.9. The van der Waals surface area contributed by atoms with Crippen LogP contribution in [-0.4, -0.2) is 30.0 Å². The van der Waals surface area contributed by atoms with E-state index in [2.05, 4.69) is 41.4 Å². The molecule has 1 heterocycles. The van der Waals surface area contributed by atoms with E-state index in [-0.39, 0.29) is 18.0 Å². The zero-order valence-electron chi connectivity index (χ0n) is 24.1. The Morgan fingerprint density at radius 3 is 1.98 bits per heavy atom. The minimum Gasteiger partial charge on any atom is -0.497 e. The molecule has 42 heavy (non-hydrogen) atoms. The van der Waals surface area contributed by atoms with Gasteiger partial charge in [-0.25, -0.2) is 4.98 Å². The van der Waals surface area contributed by atoms with Crippen molar-refractivity contribution in [3.8, 4) is 11.5 Å². The molecule has 5 rings (SSSR count). The second-order valence-corrected chi connectivity index (χ2v) is 11.0. The van der Waals surface area contributed by atoms with Crippen molar-refractivity contribution in [2.75, 3.05) is 14.2 Å². The summed E-state index contributed by atoms with van der Waals surface area (Å²) in [7, 11) is 3.32. The van der Waals surface area contributed by atoms with Crippen LogP contribution in [0.3, 0.4) is 0 Å². The number of nitrogens with zero attached hydrogens (tertiary/aromatic N) is 2. The van der Waals surface area contributed by atoms with E-state index in [1.165, 1.54) is 16.9 Å². The van der Waals surface area contributed by atoms with Crippen molar-refractivity contribution in [3.05, 3.63) is 148 Å². The van der Waals surface area contributed by atoms with Crippen molar-refractivity contribution in [3.63, 3.8) is 0 Å². The van der Waals surface area contributed by atoms with Gasteiger partial charge in [0, 0.05) is 29.6 Å². The van der Waals surface area contributed by atoms with Crippen molar-refractivity contribution < 1.29 is 14.3 Å². The lowest BCUT2D eigenvalue weighted by atomic mass is 9.98. The van der Waals surface area contributed by atoms with E-state index in [1.54, 1.807) is 14.2 Å². The predicted octanol–water partition coefficient (Wildman–Crippen LogP) is 7.44. The molecule has 0 spiro atoms. The van der Waals surface area contributed by atoms with Crippen LogP contribution >= 0.6 is 11.3 Å². The summed E-state index contributed by atoms with van der Waals surface area (Å²) in [4.78, 5) is 20.6. The summed E-state index contributed by atoms with van der Waals surface area (Å²) < 4.78 is 11.1. The van der Waals surface area contributed by atoms with E-state index in [9.17, 15) is 4.79 Å². The summed E-state index contributed by atoms with van der Waals surface area (Å²) in [6, 6.07) is 36.1. The summed E-state index contributed by atoms with van der Waals surface area (Å²) in [5.74, 6) is 1.32. The third-order valence-electron chi connectivity index (χ3n) is 7.36. The Labute approximate surface area is 251 Å². The Hall–Kier alpha value is -4.46. The lowest BCUT2D eigenvalue weighted by molar-refractivity contribution is 0.0938. The van der Waals surface area contributed by atoms with Gasteiger partial charge in [0.05, 0.1) is 26.8 Å². The van der Waals surface area contributed by atoms with Crippen molar-refractivity contribution in [2.45, 2.75) is 32.1 Å². The number of ether oxygens (including phenoxy) is 2. The molecule has 5 aromatic rings. The van der Waals surface area contributed by atoms with Gasteiger partial charge >= 0.3 is 0 Å². The van der Waals surface area contributed by atoms with Gasteiger partial charge in [-0.05, 0) is 29.7 Å². The summed E-state index contributed by atoms with van der Waals surface area (Å²) in [6.07, 6.45) is 0. The van der Waals surface area contributed by atoms with Crippen LogP contribution in [0.4, 0.5) is 0 Å². The number of carbonyl (C=O) groups excluding carboxylic acids is 1. The molecule has 1 amide bonds. The molecule has 0 radical (unpaired) electrons. The van der Waals surface area contributed by atoms with Crippen LogP contribution in [0, 0.1) is 0 Å². The van der Waals surface area contributed by atoms with Gasteiger partial charge in [-0.1, -0.05) is 97.1 Å². The molecule has 0 bridgehead atoms. The van der Waals surface area contributed by atoms with Crippen LogP contribution in [0.5, 0.6) is 11.5 Å². The molecule has 0 aliphatic heterocycles. The third kappa shape index (κ3) is 7.05. The first-order valence-electron chi connectivity index (χ1n) is 13.9. The number of methoxy groups -OCH3 is 2. The highest BCUT2D eigenvalue weighted by Crippen LogP contribution is 2.31. The second-order valence-electron chi connectivity index (χ2n) is 10.0. The van der Waals surface area contributed by atoms with Crippen LogP contribution in [0.2, 0.25) is 0 Å². The maximum Gasteiger partial charge on any atom is 0.271 e. The Kier molecular flexibility index (Phi) is 9.64. The van der Waals surface area contributed by atoms with Crippen molar-refractivity contribution in [1.82, 2.24) is 15.2 Å². The third-order valence-corrected chi connectivity index (χ3v) is 8.19. The van der Waals surface area contributed by atoms with Gasteiger partial charge in [0.25, 0.3) is 5.91 Å². The van der Waals surface area contributed by atoms with Crippen molar-refractivity contribution in [2.24, 2.45) is 0 Å². The molecule has 0 aliphatic rings.